The fourth-order valence-corrected chi connectivity index (χ4v) is 1.20. The van der Waals surface area contributed by atoms with Crippen molar-refractivity contribution in [3.63, 3.8) is 0 Å². The Balaban J connectivity index is 2.75. The maximum Gasteiger partial charge on any atom is 0.221 e. The number of amides is 1. The smallest absolute Gasteiger partial charge is 0.221 e. The van der Waals surface area contributed by atoms with Crippen LogP contribution in [0.5, 0.6) is 0 Å². The molecule has 0 fully saturated rings. The second-order valence-electron chi connectivity index (χ2n) is 3.23. The Kier molecular flexibility index (Phi) is 5.15. The molecule has 0 radical (unpaired) electrons. The minimum atomic E-state index is -0.131. The lowest BCUT2D eigenvalue weighted by molar-refractivity contribution is -0.114. The maximum absolute atomic E-state index is 11.0. The normalized spacial score (nSPS) is 8.53. The molecule has 0 heterocycles. The maximum atomic E-state index is 11.0. The first-order valence-electron chi connectivity index (χ1n) is 5.10. The lowest BCUT2D eigenvalue weighted by Crippen LogP contribution is -2.06. The van der Waals surface area contributed by atoms with Crippen LogP contribution >= 0.6 is 0 Å². The minimum Gasteiger partial charge on any atom is -0.325 e. The van der Waals surface area contributed by atoms with Crippen molar-refractivity contribution in [3.8, 4) is 11.8 Å². The summed E-state index contributed by atoms with van der Waals surface area (Å²) in [6, 6.07) is 7.30. The average molecular weight is 228 g/mol. The van der Waals surface area contributed by atoms with Crippen LogP contribution in [0.25, 0.3) is 10.4 Å². The number of nitrogens with one attached hydrogen (secondary N) is 1. The first-order chi connectivity index (χ1) is 8.24. The second-order valence-corrected chi connectivity index (χ2v) is 3.23. The van der Waals surface area contributed by atoms with E-state index in [-0.39, 0.29) is 5.91 Å². The Labute approximate surface area is 99.5 Å². The van der Waals surface area contributed by atoms with E-state index in [0.717, 1.165) is 5.56 Å². The lowest BCUT2D eigenvalue weighted by atomic mass is 10.1. The van der Waals surface area contributed by atoms with E-state index in [1.807, 2.05) is 18.2 Å². The van der Waals surface area contributed by atoms with Gasteiger partial charge in [0.25, 0.3) is 0 Å². The number of hydrogen-bond acceptors (Lipinski definition) is 2. The van der Waals surface area contributed by atoms with Crippen LogP contribution in [0.1, 0.15) is 18.9 Å². The van der Waals surface area contributed by atoms with Gasteiger partial charge in [-0.1, -0.05) is 29.1 Å². The van der Waals surface area contributed by atoms with E-state index in [4.69, 9.17) is 5.53 Å². The van der Waals surface area contributed by atoms with Gasteiger partial charge in [0.15, 0.2) is 0 Å². The van der Waals surface area contributed by atoms with Crippen LogP contribution in [0.15, 0.2) is 29.4 Å². The van der Waals surface area contributed by atoms with Crippen LogP contribution < -0.4 is 5.32 Å². The van der Waals surface area contributed by atoms with E-state index in [0.29, 0.717) is 18.7 Å². The Morgan fingerprint density at radius 3 is 3.00 bits per heavy atom. The number of hydrogen-bond donors (Lipinski definition) is 1. The predicted molar refractivity (Wildman–Crippen MR) is 66.3 cm³/mol. The molecule has 1 amide bonds. The second kappa shape index (κ2) is 6.94. The molecule has 0 spiro atoms. The van der Waals surface area contributed by atoms with Gasteiger partial charge in [-0.3, -0.25) is 4.79 Å². The van der Waals surface area contributed by atoms with Gasteiger partial charge >= 0.3 is 0 Å². The summed E-state index contributed by atoms with van der Waals surface area (Å²) in [5.41, 5.74) is 9.53. The van der Waals surface area contributed by atoms with Gasteiger partial charge in [0, 0.05) is 30.4 Å². The highest BCUT2D eigenvalue weighted by Crippen LogP contribution is 2.13. The molecule has 0 saturated heterocycles. The number of para-hydroxylation sites is 1. The molecule has 0 bridgehead atoms. The Morgan fingerprint density at radius 2 is 2.29 bits per heavy atom. The number of rotatable bonds is 3. The number of carbonyl (C=O) groups excluding carboxylic acids is 1. The summed E-state index contributed by atoms with van der Waals surface area (Å²) in [7, 11) is 0. The van der Waals surface area contributed by atoms with Gasteiger partial charge in [0.05, 0.1) is 5.69 Å². The van der Waals surface area contributed by atoms with E-state index >= 15 is 0 Å². The molecular weight excluding hydrogens is 216 g/mol. The van der Waals surface area contributed by atoms with Crippen LogP contribution in [0.3, 0.4) is 0 Å². The van der Waals surface area contributed by atoms with Crippen LogP contribution in [0.4, 0.5) is 5.69 Å². The Morgan fingerprint density at radius 1 is 1.53 bits per heavy atom. The van der Waals surface area contributed by atoms with Gasteiger partial charge in [-0.15, -0.1) is 0 Å². The van der Waals surface area contributed by atoms with Crippen molar-refractivity contribution < 1.29 is 4.79 Å². The molecule has 0 unspecified atom stereocenters. The van der Waals surface area contributed by atoms with E-state index in [9.17, 15) is 4.79 Å². The zero-order valence-corrected chi connectivity index (χ0v) is 9.47. The number of carbonyl (C=O) groups is 1. The van der Waals surface area contributed by atoms with Crippen molar-refractivity contribution in [1.29, 1.82) is 0 Å². The molecule has 0 saturated carbocycles. The summed E-state index contributed by atoms with van der Waals surface area (Å²) in [4.78, 5) is 13.6. The minimum absolute atomic E-state index is 0.131. The van der Waals surface area contributed by atoms with Crippen LogP contribution in [0.2, 0.25) is 0 Å². The third-order valence-corrected chi connectivity index (χ3v) is 1.86. The van der Waals surface area contributed by atoms with Crippen molar-refractivity contribution in [2.45, 2.75) is 13.3 Å². The van der Waals surface area contributed by atoms with E-state index in [1.165, 1.54) is 6.92 Å². The number of benzene rings is 1. The highest BCUT2D eigenvalue weighted by molar-refractivity contribution is 5.90. The van der Waals surface area contributed by atoms with Crippen molar-refractivity contribution in [3.05, 3.63) is 40.3 Å². The fourth-order valence-electron chi connectivity index (χ4n) is 1.20. The number of azide groups is 1. The molecule has 1 rings (SSSR count). The zero-order chi connectivity index (χ0) is 12.5. The Hall–Kier alpha value is -2.44. The van der Waals surface area contributed by atoms with Gasteiger partial charge in [-0.2, -0.15) is 0 Å². The first kappa shape index (κ1) is 12.6. The van der Waals surface area contributed by atoms with Crippen molar-refractivity contribution in [1.82, 2.24) is 0 Å². The molecule has 5 nitrogen and oxygen atoms in total. The summed E-state index contributed by atoms with van der Waals surface area (Å²) >= 11 is 0. The topological polar surface area (TPSA) is 77.9 Å². The lowest BCUT2D eigenvalue weighted by Gasteiger charge is -2.03. The molecule has 0 aromatic heterocycles. The summed E-state index contributed by atoms with van der Waals surface area (Å²) in [6.07, 6.45) is 0.498. The van der Waals surface area contributed by atoms with Crippen molar-refractivity contribution in [2.75, 3.05) is 11.9 Å². The Bertz CT molecular complexity index is 507. The van der Waals surface area contributed by atoms with Gasteiger partial charge in [0.1, 0.15) is 0 Å². The van der Waals surface area contributed by atoms with Crippen LogP contribution in [-0.4, -0.2) is 12.5 Å². The summed E-state index contributed by atoms with van der Waals surface area (Å²) in [6.45, 7) is 1.80. The fraction of sp³-hybridized carbons (Fsp3) is 0.250. The third kappa shape index (κ3) is 4.74. The molecule has 1 N–H and O–H groups in total. The molecule has 17 heavy (non-hydrogen) atoms. The van der Waals surface area contributed by atoms with Crippen molar-refractivity contribution >= 4 is 11.6 Å². The van der Waals surface area contributed by atoms with Crippen LogP contribution in [0, 0.1) is 11.8 Å². The van der Waals surface area contributed by atoms with E-state index in [1.54, 1.807) is 6.07 Å². The van der Waals surface area contributed by atoms with Crippen molar-refractivity contribution in [2.24, 2.45) is 5.11 Å². The highest BCUT2D eigenvalue weighted by Gasteiger charge is 1.99. The number of nitrogens with zero attached hydrogens (tertiary/aromatic N) is 3. The van der Waals surface area contributed by atoms with E-state index < -0.39 is 0 Å². The standard InChI is InChI=1S/C12H12N4O/c1-10(17)15-12-8-3-2-6-11(12)7-4-5-9-14-16-13/h2-3,6,8H,5,9H2,1H3,(H,15,17). The number of anilines is 1. The average Bonchev–Trinajstić information content (AvgIpc) is 2.30. The molecule has 0 aliphatic heterocycles. The summed E-state index contributed by atoms with van der Waals surface area (Å²) in [5.74, 6) is 5.68. The molecule has 86 valence electrons. The molecule has 0 aliphatic carbocycles. The highest BCUT2D eigenvalue weighted by atomic mass is 16.1. The quantitative estimate of drug-likeness (QED) is 0.279. The van der Waals surface area contributed by atoms with Gasteiger partial charge < -0.3 is 5.32 Å². The zero-order valence-electron chi connectivity index (χ0n) is 9.47. The van der Waals surface area contributed by atoms with E-state index in [2.05, 4.69) is 27.2 Å². The predicted octanol–water partition coefficient (Wildman–Crippen LogP) is 2.70. The first-order valence-corrected chi connectivity index (χ1v) is 5.10. The van der Waals surface area contributed by atoms with Gasteiger partial charge in [-0.25, -0.2) is 0 Å². The van der Waals surface area contributed by atoms with Gasteiger partial charge in [0.2, 0.25) is 5.91 Å². The molecule has 0 aliphatic rings. The molecule has 0 atom stereocenters. The van der Waals surface area contributed by atoms with Crippen LogP contribution in [-0.2, 0) is 4.79 Å². The summed E-state index contributed by atoms with van der Waals surface area (Å²) in [5, 5.41) is 6.08. The molecular formula is C12H12N4O. The summed E-state index contributed by atoms with van der Waals surface area (Å²) < 4.78 is 0. The third-order valence-electron chi connectivity index (χ3n) is 1.86. The molecule has 5 heteroatoms. The molecule has 1 aromatic carbocycles. The molecule has 1 aromatic rings. The SMILES string of the molecule is CC(=O)Nc1ccccc1C#CCCN=[N+]=[N-]. The van der Waals surface area contributed by atoms with Gasteiger partial charge in [-0.05, 0) is 17.7 Å². The largest absolute Gasteiger partial charge is 0.325 e. The monoisotopic (exact) mass is 228 g/mol.